The summed E-state index contributed by atoms with van der Waals surface area (Å²) in [6.07, 6.45) is 1.35. The van der Waals surface area contributed by atoms with Crippen LogP contribution in [0.25, 0.3) is 0 Å². The van der Waals surface area contributed by atoms with Gasteiger partial charge in [0.2, 0.25) is 0 Å². The van der Waals surface area contributed by atoms with Crippen LogP contribution < -0.4 is 0 Å². The molecular weight excluding hydrogens is 156 g/mol. The first kappa shape index (κ1) is 11.3. The van der Waals surface area contributed by atoms with Gasteiger partial charge in [-0.3, -0.25) is 4.79 Å². The van der Waals surface area contributed by atoms with Crippen LogP contribution in [-0.4, -0.2) is 28.2 Å². The van der Waals surface area contributed by atoms with Crippen LogP contribution in [-0.2, 0) is 4.79 Å². The molecule has 69 valence electrons. The van der Waals surface area contributed by atoms with Crippen molar-refractivity contribution in [2.75, 3.05) is 6.61 Å². The Morgan fingerprint density at radius 3 is 2.50 bits per heavy atom. The highest BCUT2D eigenvalue weighted by molar-refractivity contribution is 5.92. The Balaban J connectivity index is 4.43. The zero-order chi connectivity index (χ0) is 9.78. The van der Waals surface area contributed by atoms with E-state index >= 15 is 0 Å². The van der Waals surface area contributed by atoms with Gasteiger partial charge in [0.25, 0.3) is 0 Å². The van der Waals surface area contributed by atoms with Gasteiger partial charge in [-0.15, -0.1) is 0 Å². The van der Waals surface area contributed by atoms with Crippen molar-refractivity contribution in [3.05, 3.63) is 19.6 Å². The number of ketones is 1. The van der Waals surface area contributed by atoms with Crippen LogP contribution >= 0.6 is 0 Å². The molecule has 0 aliphatic rings. The van der Waals surface area contributed by atoms with Crippen LogP contribution in [0.5, 0.6) is 0 Å². The van der Waals surface area contributed by atoms with Crippen LogP contribution in [0.15, 0.2) is 12.7 Å². The fraction of sp³-hybridized carbons (Fsp3) is 0.556. The average Bonchev–Trinajstić information content (AvgIpc) is 1.96. The zero-order valence-electron chi connectivity index (χ0n) is 7.29. The summed E-state index contributed by atoms with van der Waals surface area (Å²) in [7, 11) is 0. The van der Waals surface area contributed by atoms with E-state index < -0.39 is 11.5 Å². The van der Waals surface area contributed by atoms with E-state index in [2.05, 4.69) is 13.5 Å². The molecule has 0 heterocycles. The fourth-order valence-electron chi connectivity index (χ4n) is 1.03. The standard InChI is InChI=1S/C9H15O3/c1-4-8(11)7(5-6-10)9(2,3)12/h4,7,10,12H,1-2,5-6H2,3H3. The molecule has 0 aliphatic heterocycles. The molecule has 3 heteroatoms. The average molecular weight is 171 g/mol. The van der Waals surface area contributed by atoms with Gasteiger partial charge >= 0.3 is 0 Å². The van der Waals surface area contributed by atoms with E-state index in [0.717, 1.165) is 6.08 Å². The summed E-state index contributed by atoms with van der Waals surface area (Å²) < 4.78 is 0. The summed E-state index contributed by atoms with van der Waals surface area (Å²) in [5.41, 5.74) is -1.34. The summed E-state index contributed by atoms with van der Waals surface area (Å²) in [5.74, 6) is -0.955. The van der Waals surface area contributed by atoms with Crippen molar-refractivity contribution in [3.63, 3.8) is 0 Å². The molecule has 0 spiro atoms. The Labute approximate surface area is 72.7 Å². The number of hydrogen-bond acceptors (Lipinski definition) is 3. The first-order chi connectivity index (χ1) is 5.43. The third-order valence-corrected chi connectivity index (χ3v) is 1.71. The van der Waals surface area contributed by atoms with Crippen LogP contribution in [0.3, 0.4) is 0 Å². The molecule has 0 aromatic carbocycles. The highest BCUT2D eigenvalue weighted by atomic mass is 16.3. The van der Waals surface area contributed by atoms with E-state index in [1.54, 1.807) is 0 Å². The molecule has 0 rings (SSSR count). The van der Waals surface area contributed by atoms with Gasteiger partial charge in [0, 0.05) is 6.61 Å². The number of carbonyl (C=O) groups excluding carboxylic acids is 1. The lowest BCUT2D eigenvalue weighted by molar-refractivity contribution is -0.124. The maximum atomic E-state index is 11.1. The summed E-state index contributed by atoms with van der Waals surface area (Å²) in [6, 6.07) is 0. The van der Waals surface area contributed by atoms with Gasteiger partial charge in [0.15, 0.2) is 5.78 Å². The summed E-state index contributed by atoms with van der Waals surface area (Å²) >= 11 is 0. The minimum Gasteiger partial charge on any atom is -0.396 e. The molecule has 12 heavy (non-hydrogen) atoms. The van der Waals surface area contributed by atoms with E-state index in [1.165, 1.54) is 6.92 Å². The molecule has 2 atom stereocenters. The largest absolute Gasteiger partial charge is 0.396 e. The van der Waals surface area contributed by atoms with Crippen molar-refractivity contribution >= 4 is 5.78 Å². The lowest BCUT2D eigenvalue weighted by atomic mass is 9.85. The first-order valence-corrected chi connectivity index (χ1v) is 3.78. The topological polar surface area (TPSA) is 57.5 Å². The molecule has 0 aromatic heterocycles. The van der Waals surface area contributed by atoms with Gasteiger partial charge in [0.1, 0.15) is 0 Å². The molecular formula is C9H15O3. The highest BCUT2D eigenvalue weighted by Crippen LogP contribution is 2.20. The van der Waals surface area contributed by atoms with Gasteiger partial charge in [-0.1, -0.05) is 6.58 Å². The Kier molecular flexibility index (Phi) is 4.13. The van der Waals surface area contributed by atoms with Gasteiger partial charge in [-0.05, 0) is 26.3 Å². The number of hydrogen-bond donors (Lipinski definition) is 2. The van der Waals surface area contributed by atoms with Crippen LogP contribution in [0.1, 0.15) is 13.3 Å². The van der Waals surface area contributed by atoms with Crippen molar-refractivity contribution < 1.29 is 15.0 Å². The molecule has 0 aromatic rings. The number of rotatable bonds is 5. The van der Waals surface area contributed by atoms with Crippen molar-refractivity contribution in [2.24, 2.45) is 5.92 Å². The Morgan fingerprint density at radius 2 is 2.25 bits per heavy atom. The quantitative estimate of drug-likeness (QED) is 0.586. The molecule has 0 amide bonds. The van der Waals surface area contributed by atoms with Crippen molar-refractivity contribution in [3.8, 4) is 0 Å². The molecule has 3 nitrogen and oxygen atoms in total. The van der Waals surface area contributed by atoms with Crippen LogP contribution in [0.4, 0.5) is 0 Å². The normalized spacial score (nSPS) is 14.0. The number of aliphatic hydroxyl groups is 2. The van der Waals surface area contributed by atoms with Crippen molar-refractivity contribution in [1.29, 1.82) is 0 Å². The molecule has 2 N–H and O–H groups in total. The summed E-state index contributed by atoms with van der Waals surface area (Å²) in [4.78, 5) is 11.1. The predicted molar refractivity (Wildman–Crippen MR) is 46.4 cm³/mol. The first-order valence-electron chi connectivity index (χ1n) is 3.78. The van der Waals surface area contributed by atoms with E-state index in [4.69, 9.17) is 5.11 Å². The van der Waals surface area contributed by atoms with E-state index in [-0.39, 0.29) is 18.8 Å². The lowest BCUT2D eigenvalue weighted by Gasteiger charge is -2.26. The van der Waals surface area contributed by atoms with E-state index in [9.17, 15) is 9.90 Å². The summed E-state index contributed by atoms with van der Waals surface area (Å²) in [6.45, 7) is 8.04. The minimum atomic E-state index is -1.34. The van der Waals surface area contributed by atoms with Gasteiger partial charge in [-0.25, -0.2) is 0 Å². The third kappa shape index (κ3) is 3.15. The van der Waals surface area contributed by atoms with Gasteiger partial charge in [0.05, 0.1) is 11.5 Å². The molecule has 0 fully saturated rings. The van der Waals surface area contributed by atoms with Crippen molar-refractivity contribution in [1.82, 2.24) is 0 Å². The van der Waals surface area contributed by atoms with Gasteiger partial charge in [-0.2, -0.15) is 0 Å². The Hall–Kier alpha value is -0.670. The number of carbonyl (C=O) groups is 1. The smallest absolute Gasteiger partial charge is 0.161 e. The SMILES string of the molecule is [CH2]C(C)(O)C(CCO)C(=O)C=C. The molecule has 0 bridgehead atoms. The monoisotopic (exact) mass is 171 g/mol. The lowest BCUT2D eigenvalue weighted by Crippen LogP contribution is -2.36. The fourth-order valence-corrected chi connectivity index (χ4v) is 1.03. The van der Waals surface area contributed by atoms with Crippen LogP contribution in [0.2, 0.25) is 0 Å². The second-order valence-corrected chi connectivity index (χ2v) is 3.03. The van der Waals surface area contributed by atoms with Crippen LogP contribution in [0, 0.1) is 12.8 Å². The second-order valence-electron chi connectivity index (χ2n) is 3.03. The van der Waals surface area contributed by atoms with E-state index in [1.807, 2.05) is 0 Å². The third-order valence-electron chi connectivity index (χ3n) is 1.71. The number of aliphatic hydroxyl groups excluding tert-OH is 1. The van der Waals surface area contributed by atoms with Gasteiger partial charge < -0.3 is 10.2 Å². The summed E-state index contributed by atoms with van der Waals surface area (Å²) in [5, 5.41) is 18.0. The molecule has 0 saturated carbocycles. The maximum Gasteiger partial charge on any atom is 0.161 e. The van der Waals surface area contributed by atoms with Crippen molar-refractivity contribution in [2.45, 2.75) is 18.9 Å². The van der Waals surface area contributed by atoms with E-state index in [0.29, 0.717) is 0 Å². The maximum absolute atomic E-state index is 11.1. The Bertz CT molecular complexity index is 167. The predicted octanol–water partition coefficient (Wildman–Crippen LogP) is 0.325. The molecule has 0 saturated heterocycles. The second kappa shape index (κ2) is 4.38. The highest BCUT2D eigenvalue weighted by Gasteiger charge is 2.30. The zero-order valence-corrected chi connectivity index (χ0v) is 7.29. The molecule has 1 radical (unpaired) electrons. The minimum absolute atomic E-state index is 0.143. The molecule has 0 aliphatic carbocycles. The number of allylic oxidation sites excluding steroid dienone is 1. The Morgan fingerprint density at radius 1 is 1.75 bits per heavy atom. The molecule has 2 unspecified atom stereocenters.